The molecule has 0 saturated heterocycles. The molecule has 1 aliphatic rings. The Bertz CT molecular complexity index is 1810. The summed E-state index contributed by atoms with van der Waals surface area (Å²) in [5, 5.41) is 20.1. The predicted octanol–water partition coefficient (Wildman–Crippen LogP) is 5.43. The monoisotopic (exact) mass is 546 g/mol. The highest BCUT2D eigenvalue weighted by atomic mass is 32.1. The van der Waals surface area contributed by atoms with Gasteiger partial charge >= 0.3 is 11.1 Å². The number of fused-ring (bicyclic) bond motifs is 1. The maximum Gasteiger partial charge on any atom is 0.365 e. The van der Waals surface area contributed by atoms with Crippen LogP contribution in [-0.2, 0) is 0 Å². The van der Waals surface area contributed by atoms with Crippen molar-refractivity contribution in [3.8, 4) is 55.4 Å². The molecule has 0 amide bonds. The second-order valence-corrected chi connectivity index (χ2v) is 9.88. The summed E-state index contributed by atoms with van der Waals surface area (Å²) in [7, 11) is 0. The lowest BCUT2D eigenvalue weighted by Gasteiger charge is -2.03. The van der Waals surface area contributed by atoms with Crippen LogP contribution in [0.5, 0.6) is 11.5 Å². The fourth-order valence-electron chi connectivity index (χ4n) is 4.52. The van der Waals surface area contributed by atoms with Crippen LogP contribution in [0.4, 0.5) is 0 Å². The highest BCUT2D eigenvalue weighted by Gasteiger charge is 2.30. The highest BCUT2D eigenvalue weighted by molar-refractivity contribution is 7.17. The molecule has 6 aromatic rings. The topological polar surface area (TPSA) is 103 Å². The van der Waals surface area contributed by atoms with Gasteiger partial charge in [0.25, 0.3) is 5.82 Å². The van der Waals surface area contributed by atoms with Gasteiger partial charge in [0.05, 0.1) is 10.4 Å². The molecule has 10 heteroatoms. The number of carboxylic acid groups (broad SMARTS) is 1. The summed E-state index contributed by atoms with van der Waals surface area (Å²) < 4.78 is 11.0. The Hall–Kier alpha value is -5.35. The van der Waals surface area contributed by atoms with E-state index in [1.54, 1.807) is 29.1 Å². The number of carbonyl (C=O) groups is 1. The van der Waals surface area contributed by atoms with Crippen molar-refractivity contribution in [2.24, 2.45) is 0 Å². The zero-order valence-electron chi connectivity index (χ0n) is 20.8. The molecule has 1 N–H and O–H groups in total. The molecule has 194 valence electrons. The Morgan fingerprint density at radius 3 is 2.30 bits per heavy atom. The van der Waals surface area contributed by atoms with Crippen LogP contribution in [0.1, 0.15) is 10.4 Å². The van der Waals surface area contributed by atoms with E-state index in [2.05, 4.69) is 0 Å². The molecule has 40 heavy (non-hydrogen) atoms. The Kier molecular flexibility index (Phi) is 5.79. The normalized spacial score (nSPS) is 12.0. The van der Waals surface area contributed by atoms with Crippen molar-refractivity contribution in [3.05, 3.63) is 109 Å². The molecule has 3 heterocycles. The van der Waals surface area contributed by atoms with Gasteiger partial charge in [-0.05, 0) is 50.6 Å². The molecule has 0 atom stereocenters. The van der Waals surface area contributed by atoms with Crippen molar-refractivity contribution in [1.82, 2.24) is 20.0 Å². The van der Waals surface area contributed by atoms with Gasteiger partial charge in [-0.15, -0.1) is 0 Å². The first kappa shape index (κ1) is 23.7. The minimum Gasteiger partial charge on any atom is -0.478 e. The van der Waals surface area contributed by atoms with Crippen molar-refractivity contribution < 1.29 is 24.2 Å². The number of thiazole rings is 1. The fourth-order valence-corrected chi connectivity index (χ4v) is 5.55. The molecule has 1 aliphatic heterocycles. The van der Waals surface area contributed by atoms with E-state index in [9.17, 15) is 9.90 Å². The van der Waals surface area contributed by atoms with Crippen molar-refractivity contribution in [3.63, 3.8) is 0 Å². The van der Waals surface area contributed by atoms with Crippen molar-refractivity contribution >= 4 is 17.3 Å². The molecule has 2 aromatic heterocycles. The van der Waals surface area contributed by atoms with Crippen LogP contribution in [-0.4, -0.2) is 37.8 Å². The standard InChI is InChI=1S/C30H19N5O4S/c36-29(37)22-13-7-8-14-23(22)34-32-28(21-15-16-24-25(17-21)39-18-38-24)33-35(34)30-31-26(19-9-3-1-4-10-19)27(40-30)20-11-5-2-6-12-20/h1-17H,18H2/p+1. The summed E-state index contributed by atoms with van der Waals surface area (Å²) in [4.78, 5) is 21.2. The average Bonchev–Trinajstić information content (AvgIpc) is 3.76. The van der Waals surface area contributed by atoms with Gasteiger partial charge in [0, 0.05) is 16.2 Å². The Morgan fingerprint density at radius 2 is 1.52 bits per heavy atom. The van der Waals surface area contributed by atoms with Crippen molar-refractivity contribution in [2.45, 2.75) is 0 Å². The molecular formula is C30H20N5O4S+. The van der Waals surface area contributed by atoms with Crippen LogP contribution in [0.3, 0.4) is 0 Å². The number of rotatable bonds is 6. The number of hydrogen-bond donors (Lipinski definition) is 1. The molecular weight excluding hydrogens is 526 g/mol. The van der Waals surface area contributed by atoms with Crippen LogP contribution in [0, 0.1) is 0 Å². The number of tetrazole rings is 1. The molecule has 7 rings (SSSR count). The summed E-state index contributed by atoms with van der Waals surface area (Å²) in [5.41, 5.74) is 3.89. The second kappa shape index (κ2) is 9.75. The van der Waals surface area contributed by atoms with E-state index >= 15 is 0 Å². The van der Waals surface area contributed by atoms with Gasteiger partial charge in [-0.25, -0.2) is 4.79 Å². The number of nitrogens with zero attached hydrogens (tertiary/aromatic N) is 5. The molecule has 4 aromatic carbocycles. The van der Waals surface area contributed by atoms with Gasteiger partial charge < -0.3 is 14.6 Å². The minimum absolute atomic E-state index is 0.0847. The van der Waals surface area contributed by atoms with E-state index in [0.717, 1.165) is 21.7 Å². The van der Waals surface area contributed by atoms with Gasteiger partial charge in [-0.3, -0.25) is 0 Å². The van der Waals surface area contributed by atoms with Gasteiger partial charge in [-0.2, -0.15) is 0 Å². The van der Waals surface area contributed by atoms with E-state index in [1.807, 2.05) is 72.8 Å². The van der Waals surface area contributed by atoms with Crippen LogP contribution in [0.2, 0.25) is 0 Å². The average molecular weight is 547 g/mol. The Balaban J connectivity index is 1.46. The smallest absolute Gasteiger partial charge is 0.365 e. The van der Waals surface area contributed by atoms with Crippen LogP contribution in [0.15, 0.2) is 103 Å². The number of ether oxygens (including phenoxy) is 2. The molecule has 0 fully saturated rings. The third-order valence-electron chi connectivity index (χ3n) is 6.41. The van der Waals surface area contributed by atoms with Crippen LogP contribution >= 0.6 is 11.3 Å². The van der Waals surface area contributed by atoms with Crippen molar-refractivity contribution in [2.75, 3.05) is 6.79 Å². The lowest BCUT2D eigenvalue weighted by atomic mass is 10.1. The lowest BCUT2D eigenvalue weighted by Crippen LogP contribution is -2.43. The third kappa shape index (κ3) is 4.16. The number of aromatic nitrogens is 5. The number of aromatic carboxylic acids is 1. The highest BCUT2D eigenvalue weighted by Crippen LogP contribution is 2.38. The molecule has 9 nitrogen and oxygen atoms in total. The third-order valence-corrected chi connectivity index (χ3v) is 7.48. The number of benzene rings is 4. The minimum atomic E-state index is -1.07. The summed E-state index contributed by atoms with van der Waals surface area (Å²) in [6.07, 6.45) is 0. The van der Waals surface area contributed by atoms with E-state index in [1.165, 1.54) is 22.2 Å². The maximum absolute atomic E-state index is 12.2. The quantitative estimate of drug-likeness (QED) is 0.278. The first-order chi connectivity index (χ1) is 19.7. The molecule has 0 bridgehead atoms. The molecule has 0 radical (unpaired) electrons. The van der Waals surface area contributed by atoms with E-state index in [-0.39, 0.29) is 12.4 Å². The van der Waals surface area contributed by atoms with Gasteiger partial charge in [0.1, 0.15) is 5.69 Å². The number of para-hydroxylation sites is 1. The molecule has 0 unspecified atom stereocenters. The van der Waals surface area contributed by atoms with Crippen molar-refractivity contribution in [1.29, 1.82) is 0 Å². The van der Waals surface area contributed by atoms with E-state index in [4.69, 9.17) is 24.7 Å². The number of carboxylic acids is 1. The van der Waals surface area contributed by atoms with Crippen LogP contribution < -0.4 is 14.3 Å². The molecule has 0 aliphatic carbocycles. The predicted molar refractivity (Wildman–Crippen MR) is 148 cm³/mol. The molecule has 0 spiro atoms. The summed E-state index contributed by atoms with van der Waals surface area (Å²) in [5.74, 6) is 0.540. The van der Waals surface area contributed by atoms with Crippen LogP contribution in [0.25, 0.3) is 43.9 Å². The summed E-state index contributed by atoms with van der Waals surface area (Å²) >= 11 is 1.45. The molecule has 0 saturated carbocycles. The SMILES string of the molecule is O=C(O)c1ccccc1-n1nc(-c2ccc3c(c2)OCO3)n[n+]1-c1nc(-c2ccccc2)c(-c2ccccc2)s1. The van der Waals surface area contributed by atoms with Gasteiger partial charge in [0.2, 0.25) is 6.79 Å². The Morgan fingerprint density at radius 1 is 0.825 bits per heavy atom. The summed E-state index contributed by atoms with van der Waals surface area (Å²) in [6.45, 7) is 0.149. The summed E-state index contributed by atoms with van der Waals surface area (Å²) in [6, 6.07) is 32.1. The first-order valence-corrected chi connectivity index (χ1v) is 13.2. The van der Waals surface area contributed by atoms with E-state index < -0.39 is 5.97 Å². The first-order valence-electron chi connectivity index (χ1n) is 12.4. The zero-order chi connectivity index (χ0) is 27.1. The Labute approximate surface area is 232 Å². The number of hydrogen-bond acceptors (Lipinski definition) is 7. The van der Waals surface area contributed by atoms with E-state index in [0.29, 0.717) is 33.7 Å². The largest absolute Gasteiger partial charge is 0.478 e. The van der Waals surface area contributed by atoms with Gasteiger partial charge in [0.15, 0.2) is 17.2 Å². The lowest BCUT2D eigenvalue weighted by molar-refractivity contribution is -0.734. The zero-order valence-corrected chi connectivity index (χ0v) is 21.7. The fraction of sp³-hybridized carbons (Fsp3) is 0.0333. The second-order valence-electron chi connectivity index (χ2n) is 8.90. The maximum atomic E-state index is 12.2. The van der Waals surface area contributed by atoms with Gasteiger partial charge in [-0.1, -0.05) is 89.1 Å².